The van der Waals surface area contributed by atoms with Crippen LogP contribution in [-0.4, -0.2) is 37.7 Å². The zero-order chi connectivity index (χ0) is 15.2. The molecule has 1 saturated heterocycles. The molecule has 0 aliphatic carbocycles. The van der Waals surface area contributed by atoms with Crippen molar-refractivity contribution in [2.24, 2.45) is 5.92 Å². The zero-order valence-electron chi connectivity index (χ0n) is 14.0. The molecule has 0 spiro atoms. The van der Waals surface area contributed by atoms with Gasteiger partial charge in [0.2, 0.25) is 0 Å². The molecular weight excluding hydrogens is 260 g/mol. The lowest BCUT2D eigenvalue weighted by molar-refractivity contribution is 0.165. The molecule has 1 aromatic carbocycles. The van der Waals surface area contributed by atoms with Gasteiger partial charge in [0.15, 0.2) is 0 Å². The summed E-state index contributed by atoms with van der Waals surface area (Å²) >= 11 is 0. The van der Waals surface area contributed by atoms with Gasteiger partial charge in [-0.15, -0.1) is 0 Å². The van der Waals surface area contributed by atoms with Crippen molar-refractivity contribution >= 4 is 5.69 Å². The van der Waals surface area contributed by atoms with Crippen molar-refractivity contribution in [1.29, 1.82) is 0 Å². The van der Waals surface area contributed by atoms with E-state index in [2.05, 4.69) is 49.2 Å². The maximum Gasteiger partial charge on any atom is 0.142 e. The normalized spacial score (nSPS) is 21.0. The standard InChI is InChI=1S/C18H30N2O/c1-5-10-20-11-6-7-16(13-20)15(3)19-17-9-8-14(2)12-18(17)21-4/h8-9,12,15-16,19H,5-7,10-11,13H2,1-4H3. The van der Waals surface area contributed by atoms with Gasteiger partial charge in [-0.1, -0.05) is 13.0 Å². The lowest BCUT2D eigenvalue weighted by atomic mass is 9.91. The van der Waals surface area contributed by atoms with Crippen LogP contribution in [0.4, 0.5) is 5.69 Å². The molecule has 3 nitrogen and oxygen atoms in total. The van der Waals surface area contributed by atoms with E-state index >= 15 is 0 Å². The number of hydrogen-bond donors (Lipinski definition) is 1. The van der Waals surface area contributed by atoms with Gasteiger partial charge in [0.05, 0.1) is 12.8 Å². The van der Waals surface area contributed by atoms with E-state index in [1.165, 1.54) is 44.5 Å². The second-order valence-corrected chi connectivity index (χ2v) is 6.34. The highest BCUT2D eigenvalue weighted by Gasteiger charge is 2.24. The molecule has 0 saturated carbocycles. The average molecular weight is 290 g/mol. The largest absolute Gasteiger partial charge is 0.495 e. The Morgan fingerprint density at radius 3 is 2.95 bits per heavy atom. The third-order valence-corrected chi connectivity index (χ3v) is 4.53. The summed E-state index contributed by atoms with van der Waals surface area (Å²) in [5.74, 6) is 1.67. The number of nitrogens with zero attached hydrogens (tertiary/aromatic N) is 1. The van der Waals surface area contributed by atoms with Gasteiger partial charge in [0.1, 0.15) is 5.75 Å². The Hall–Kier alpha value is -1.22. The molecule has 0 radical (unpaired) electrons. The number of aryl methyl sites for hydroxylation is 1. The molecule has 0 amide bonds. The van der Waals surface area contributed by atoms with E-state index in [4.69, 9.17) is 4.74 Å². The minimum atomic E-state index is 0.473. The number of piperidine rings is 1. The molecule has 1 aliphatic rings. The molecule has 118 valence electrons. The summed E-state index contributed by atoms with van der Waals surface area (Å²) in [6, 6.07) is 6.85. The first-order valence-electron chi connectivity index (χ1n) is 8.27. The maximum absolute atomic E-state index is 5.50. The van der Waals surface area contributed by atoms with Gasteiger partial charge in [-0.25, -0.2) is 0 Å². The Balaban J connectivity index is 1.99. The van der Waals surface area contributed by atoms with Gasteiger partial charge in [0.25, 0.3) is 0 Å². The van der Waals surface area contributed by atoms with Crippen LogP contribution < -0.4 is 10.1 Å². The van der Waals surface area contributed by atoms with E-state index in [1.807, 2.05) is 0 Å². The van der Waals surface area contributed by atoms with Crippen LogP contribution in [0.15, 0.2) is 18.2 Å². The summed E-state index contributed by atoms with van der Waals surface area (Å²) in [6.07, 6.45) is 3.89. The maximum atomic E-state index is 5.50. The predicted octanol–water partition coefficient (Wildman–Crippen LogP) is 3.93. The second-order valence-electron chi connectivity index (χ2n) is 6.34. The number of hydrogen-bond acceptors (Lipinski definition) is 3. The molecule has 1 aliphatic heterocycles. The molecule has 0 bridgehead atoms. The van der Waals surface area contributed by atoms with Crippen LogP contribution in [0.5, 0.6) is 5.75 Å². The van der Waals surface area contributed by atoms with Crippen molar-refractivity contribution in [3.05, 3.63) is 23.8 Å². The van der Waals surface area contributed by atoms with Gasteiger partial charge >= 0.3 is 0 Å². The van der Waals surface area contributed by atoms with E-state index in [0.717, 1.165) is 17.4 Å². The van der Waals surface area contributed by atoms with Crippen molar-refractivity contribution in [3.8, 4) is 5.75 Å². The molecule has 0 aromatic heterocycles. The summed E-state index contributed by atoms with van der Waals surface area (Å²) in [6.45, 7) is 10.4. The van der Waals surface area contributed by atoms with Crippen LogP contribution in [0.2, 0.25) is 0 Å². The number of anilines is 1. The zero-order valence-corrected chi connectivity index (χ0v) is 14.0. The van der Waals surface area contributed by atoms with E-state index in [9.17, 15) is 0 Å². The van der Waals surface area contributed by atoms with Crippen molar-refractivity contribution < 1.29 is 4.74 Å². The molecule has 2 atom stereocenters. The number of ether oxygens (including phenoxy) is 1. The SMILES string of the molecule is CCCN1CCCC(C(C)Nc2ccc(C)cc2OC)C1. The van der Waals surface area contributed by atoms with Crippen LogP contribution in [0.1, 0.15) is 38.7 Å². The van der Waals surface area contributed by atoms with Crippen molar-refractivity contribution in [2.45, 2.75) is 46.1 Å². The van der Waals surface area contributed by atoms with E-state index in [1.54, 1.807) is 7.11 Å². The number of rotatable bonds is 6. The molecule has 21 heavy (non-hydrogen) atoms. The topological polar surface area (TPSA) is 24.5 Å². The Morgan fingerprint density at radius 1 is 1.43 bits per heavy atom. The summed E-state index contributed by atoms with van der Waals surface area (Å²) < 4.78 is 5.50. The van der Waals surface area contributed by atoms with Crippen LogP contribution in [0, 0.1) is 12.8 Å². The quantitative estimate of drug-likeness (QED) is 0.859. The van der Waals surface area contributed by atoms with Crippen LogP contribution in [0.25, 0.3) is 0 Å². The Bertz CT molecular complexity index is 445. The van der Waals surface area contributed by atoms with Gasteiger partial charge < -0.3 is 15.0 Å². The van der Waals surface area contributed by atoms with E-state index in [-0.39, 0.29) is 0 Å². The molecule has 1 aromatic rings. The first-order valence-corrected chi connectivity index (χ1v) is 8.27. The molecular formula is C18H30N2O. The summed E-state index contributed by atoms with van der Waals surface area (Å²) in [4.78, 5) is 2.61. The second kappa shape index (κ2) is 7.69. The Morgan fingerprint density at radius 2 is 2.24 bits per heavy atom. The van der Waals surface area contributed by atoms with Crippen molar-refractivity contribution in [2.75, 3.05) is 32.1 Å². The molecule has 3 heteroatoms. The molecule has 1 N–H and O–H groups in total. The number of likely N-dealkylation sites (tertiary alicyclic amines) is 1. The summed E-state index contributed by atoms with van der Waals surface area (Å²) in [5, 5.41) is 3.67. The minimum absolute atomic E-state index is 0.473. The van der Waals surface area contributed by atoms with E-state index < -0.39 is 0 Å². The molecule has 2 rings (SSSR count). The Labute approximate surface area is 129 Å². The molecule has 1 heterocycles. The van der Waals surface area contributed by atoms with Gasteiger partial charge in [-0.2, -0.15) is 0 Å². The summed E-state index contributed by atoms with van der Waals surface area (Å²) in [7, 11) is 1.74. The monoisotopic (exact) mass is 290 g/mol. The average Bonchev–Trinajstić information content (AvgIpc) is 2.49. The molecule has 1 fully saturated rings. The fraction of sp³-hybridized carbons (Fsp3) is 0.667. The smallest absolute Gasteiger partial charge is 0.142 e. The first-order chi connectivity index (χ1) is 10.1. The third kappa shape index (κ3) is 4.37. The number of methoxy groups -OCH3 is 1. The summed E-state index contributed by atoms with van der Waals surface area (Å²) in [5.41, 5.74) is 2.35. The Kier molecular flexibility index (Phi) is 5.92. The fourth-order valence-corrected chi connectivity index (χ4v) is 3.30. The third-order valence-electron chi connectivity index (χ3n) is 4.53. The van der Waals surface area contributed by atoms with Gasteiger partial charge in [0, 0.05) is 12.6 Å². The van der Waals surface area contributed by atoms with E-state index in [0.29, 0.717) is 6.04 Å². The lowest BCUT2D eigenvalue weighted by Crippen LogP contribution is -2.42. The first kappa shape index (κ1) is 16.2. The van der Waals surface area contributed by atoms with Crippen LogP contribution in [0.3, 0.4) is 0 Å². The minimum Gasteiger partial charge on any atom is -0.495 e. The highest BCUT2D eigenvalue weighted by Crippen LogP contribution is 2.29. The number of nitrogens with one attached hydrogen (secondary N) is 1. The fourth-order valence-electron chi connectivity index (χ4n) is 3.30. The highest BCUT2D eigenvalue weighted by atomic mass is 16.5. The van der Waals surface area contributed by atoms with Crippen LogP contribution >= 0.6 is 0 Å². The lowest BCUT2D eigenvalue weighted by Gasteiger charge is -2.36. The van der Waals surface area contributed by atoms with Gasteiger partial charge in [-0.3, -0.25) is 0 Å². The van der Waals surface area contributed by atoms with Crippen molar-refractivity contribution in [1.82, 2.24) is 4.90 Å². The van der Waals surface area contributed by atoms with Crippen molar-refractivity contribution in [3.63, 3.8) is 0 Å². The predicted molar refractivity (Wildman–Crippen MR) is 90.3 cm³/mol. The number of benzene rings is 1. The van der Waals surface area contributed by atoms with Gasteiger partial charge in [-0.05, 0) is 69.8 Å². The molecule has 2 unspecified atom stereocenters. The highest BCUT2D eigenvalue weighted by molar-refractivity contribution is 5.58. The van der Waals surface area contributed by atoms with Crippen LogP contribution in [-0.2, 0) is 0 Å².